The molecule has 3 rings (SSSR count). The molecular formula is C28H29BrN4O5. The summed E-state index contributed by atoms with van der Waals surface area (Å²) >= 11 is 3.37. The number of ether oxygens (including phenoxy) is 2. The summed E-state index contributed by atoms with van der Waals surface area (Å²) in [5.74, 6) is -1.09. The van der Waals surface area contributed by atoms with Gasteiger partial charge in [0.2, 0.25) is 0 Å². The Bertz CT molecular complexity index is 1280. The Hall–Kier alpha value is -4.18. The van der Waals surface area contributed by atoms with E-state index in [4.69, 9.17) is 9.47 Å². The molecule has 0 atom stereocenters. The van der Waals surface area contributed by atoms with Crippen LogP contribution in [0.2, 0.25) is 0 Å². The highest BCUT2D eigenvalue weighted by Crippen LogP contribution is 2.22. The summed E-state index contributed by atoms with van der Waals surface area (Å²) in [7, 11) is 0. The number of anilines is 2. The molecule has 10 heteroatoms. The zero-order valence-corrected chi connectivity index (χ0v) is 22.7. The van der Waals surface area contributed by atoms with Crippen LogP contribution in [0.3, 0.4) is 0 Å². The van der Waals surface area contributed by atoms with E-state index in [2.05, 4.69) is 44.0 Å². The maximum absolute atomic E-state index is 12.3. The maximum atomic E-state index is 12.3. The standard InChI is InChI=1S/C28H29BrN4O5/c1-3-4-15-37-24-12-10-23(11-13-24)32-27(35)28(36)33-30-17-20-16-21(29)7-14-25(20)38-18-26(34)31-22-8-5-19(2)6-9-22/h5-14,16-17H,3-4,15,18H2,1-2H3,(H,31,34)(H,32,35)(H,33,36)/b30-17-. The number of benzene rings is 3. The average Bonchev–Trinajstić information content (AvgIpc) is 2.90. The Morgan fingerprint density at radius 3 is 2.29 bits per heavy atom. The molecular weight excluding hydrogens is 552 g/mol. The monoisotopic (exact) mass is 580 g/mol. The van der Waals surface area contributed by atoms with Crippen LogP contribution in [0.25, 0.3) is 0 Å². The molecule has 0 saturated carbocycles. The minimum Gasteiger partial charge on any atom is -0.494 e. The van der Waals surface area contributed by atoms with Gasteiger partial charge in [-0.3, -0.25) is 14.4 Å². The molecule has 0 aromatic heterocycles. The molecule has 38 heavy (non-hydrogen) atoms. The molecule has 0 bridgehead atoms. The van der Waals surface area contributed by atoms with Crippen molar-refractivity contribution in [2.75, 3.05) is 23.8 Å². The number of halogens is 1. The molecule has 0 aliphatic rings. The third-order valence-corrected chi connectivity index (χ3v) is 5.61. The fraction of sp³-hybridized carbons (Fsp3) is 0.214. The molecule has 0 aliphatic heterocycles. The molecule has 0 heterocycles. The Morgan fingerprint density at radius 2 is 1.58 bits per heavy atom. The van der Waals surface area contributed by atoms with Crippen molar-refractivity contribution < 1.29 is 23.9 Å². The van der Waals surface area contributed by atoms with Gasteiger partial charge in [-0.05, 0) is 67.9 Å². The van der Waals surface area contributed by atoms with Crippen molar-refractivity contribution in [3.63, 3.8) is 0 Å². The van der Waals surface area contributed by atoms with Crippen LogP contribution >= 0.6 is 15.9 Å². The topological polar surface area (TPSA) is 118 Å². The summed E-state index contributed by atoms with van der Waals surface area (Å²) in [4.78, 5) is 36.7. The van der Waals surface area contributed by atoms with Gasteiger partial charge in [-0.25, -0.2) is 5.43 Å². The molecule has 0 spiro atoms. The normalized spacial score (nSPS) is 10.6. The van der Waals surface area contributed by atoms with Crippen molar-refractivity contribution in [2.24, 2.45) is 5.10 Å². The van der Waals surface area contributed by atoms with Gasteiger partial charge in [0.05, 0.1) is 12.8 Å². The van der Waals surface area contributed by atoms with Crippen LogP contribution in [0.15, 0.2) is 76.3 Å². The van der Waals surface area contributed by atoms with Crippen LogP contribution in [0.5, 0.6) is 11.5 Å². The molecule has 9 nitrogen and oxygen atoms in total. The van der Waals surface area contributed by atoms with Crippen LogP contribution in [-0.4, -0.2) is 37.1 Å². The first-order valence-electron chi connectivity index (χ1n) is 12.0. The molecule has 0 radical (unpaired) electrons. The average molecular weight is 581 g/mol. The third kappa shape index (κ3) is 9.36. The molecule has 0 aliphatic carbocycles. The number of carbonyl (C=O) groups excluding carboxylic acids is 3. The van der Waals surface area contributed by atoms with Gasteiger partial charge in [0, 0.05) is 21.4 Å². The SMILES string of the molecule is CCCCOc1ccc(NC(=O)C(=O)N/N=C\c2cc(Br)ccc2OCC(=O)Nc2ccc(C)cc2)cc1. The zero-order valence-electron chi connectivity index (χ0n) is 21.1. The van der Waals surface area contributed by atoms with Gasteiger partial charge in [-0.1, -0.05) is 47.0 Å². The lowest BCUT2D eigenvalue weighted by molar-refractivity contribution is -0.136. The van der Waals surface area contributed by atoms with Crippen molar-refractivity contribution in [3.8, 4) is 11.5 Å². The van der Waals surface area contributed by atoms with Crippen molar-refractivity contribution in [2.45, 2.75) is 26.7 Å². The lowest BCUT2D eigenvalue weighted by Crippen LogP contribution is -2.32. The minimum atomic E-state index is -0.945. The van der Waals surface area contributed by atoms with Crippen LogP contribution in [0.4, 0.5) is 11.4 Å². The number of amides is 3. The Labute approximate surface area is 229 Å². The fourth-order valence-electron chi connectivity index (χ4n) is 3.10. The summed E-state index contributed by atoms with van der Waals surface area (Å²) in [5.41, 5.74) is 4.88. The lowest BCUT2D eigenvalue weighted by Gasteiger charge is -2.10. The molecule has 198 valence electrons. The van der Waals surface area contributed by atoms with E-state index in [0.717, 1.165) is 22.9 Å². The van der Waals surface area contributed by atoms with Crippen LogP contribution in [0.1, 0.15) is 30.9 Å². The van der Waals surface area contributed by atoms with Crippen LogP contribution in [-0.2, 0) is 14.4 Å². The minimum absolute atomic E-state index is 0.229. The number of carbonyl (C=O) groups is 3. The van der Waals surface area contributed by atoms with Crippen molar-refractivity contribution in [3.05, 3.63) is 82.3 Å². The number of nitrogens with one attached hydrogen (secondary N) is 3. The van der Waals surface area contributed by atoms with Crippen molar-refractivity contribution >= 4 is 51.2 Å². The zero-order chi connectivity index (χ0) is 27.3. The van der Waals surface area contributed by atoms with E-state index in [0.29, 0.717) is 35.0 Å². The van der Waals surface area contributed by atoms with Crippen molar-refractivity contribution in [1.29, 1.82) is 0 Å². The van der Waals surface area contributed by atoms with Crippen LogP contribution in [0, 0.1) is 6.92 Å². The van der Waals surface area contributed by atoms with Gasteiger partial charge in [0.25, 0.3) is 5.91 Å². The number of nitrogens with zero attached hydrogens (tertiary/aromatic N) is 1. The predicted octanol–water partition coefficient (Wildman–Crippen LogP) is 5.04. The smallest absolute Gasteiger partial charge is 0.329 e. The number of aryl methyl sites for hydroxylation is 1. The summed E-state index contributed by atoms with van der Waals surface area (Å²) in [6.45, 7) is 4.43. The Kier molecular flexibility index (Phi) is 10.9. The van der Waals surface area contributed by atoms with Gasteiger partial charge >= 0.3 is 11.8 Å². The molecule has 0 unspecified atom stereocenters. The van der Waals surface area contributed by atoms with Gasteiger partial charge in [0.15, 0.2) is 6.61 Å². The molecule has 0 saturated heterocycles. The molecule has 3 aromatic rings. The predicted molar refractivity (Wildman–Crippen MR) is 151 cm³/mol. The van der Waals surface area contributed by atoms with E-state index in [1.54, 1.807) is 42.5 Å². The Balaban J connectivity index is 1.51. The number of unbranched alkanes of at least 4 members (excludes halogenated alkanes) is 1. The van der Waals surface area contributed by atoms with E-state index in [-0.39, 0.29) is 12.5 Å². The third-order valence-electron chi connectivity index (χ3n) is 5.12. The van der Waals surface area contributed by atoms with Crippen LogP contribution < -0.4 is 25.5 Å². The summed E-state index contributed by atoms with van der Waals surface area (Å²) in [6.07, 6.45) is 3.31. The molecule has 3 amide bonds. The van der Waals surface area contributed by atoms with E-state index in [9.17, 15) is 14.4 Å². The second-order valence-corrected chi connectivity index (χ2v) is 9.18. The van der Waals surface area contributed by atoms with Gasteiger partial charge in [-0.2, -0.15) is 5.10 Å². The molecule has 3 N–H and O–H groups in total. The maximum Gasteiger partial charge on any atom is 0.329 e. The fourth-order valence-corrected chi connectivity index (χ4v) is 3.48. The highest BCUT2D eigenvalue weighted by molar-refractivity contribution is 9.10. The summed E-state index contributed by atoms with van der Waals surface area (Å²) in [5, 5.41) is 9.12. The summed E-state index contributed by atoms with van der Waals surface area (Å²) in [6, 6.07) is 19.3. The van der Waals surface area contributed by atoms with Gasteiger partial charge < -0.3 is 20.1 Å². The highest BCUT2D eigenvalue weighted by atomic mass is 79.9. The first kappa shape index (κ1) is 28.4. The van der Waals surface area contributed by atoms with Gasteiger partial charge in [0.1, 0.15) is 11.5 Å². The quantitative estimate of drug-likeness (QED) is 0.127. The number of rotatable bonds is 11. The second kappa shape index (κ2) is 14.5. The molecule has 3 aromatic carbocycles. The van der Waals surface area contributed by atoms with E-state index >= 15 is 0 Å². The van der Waals surface area contributed by atoms with Crippen molar-refractivity contribution in [1.82, 2.24) is 5.43 Å². The van der Waals surface area contributed by atoms with E-state index in [1.165, 1.54) is 6.21 Å². The lowest BCUT2D eigenvalue weighted by atomic mass is 10.2. The highest BCUT2D eigenvalue weighted by Gasteiger charge is 2.13. The van der Waals surface area contributed by atoms with E-state index < -0.39 is 11.8 Å². The summed E-state index contributed by atoms with van der Waals surface area (Å²) < 4.78 is 12.0. The number of hydrogen-bond donors (Lipinski definition) is 3. The van der Waals surface area contributed by atoms with E-state index in [1.807, 2.05) is 31.2 Å². The largest absolute Gasteiger partial charge is 0.494 e. The van der Waals surface area contributed by atoms with Gasteiger partial charge in [-0.15, -0.1) is 0 Å². The first-order valence-corrected chi connectivity index (χ1v) is 12.8. The molecule has 0 fully saturated rings. The Morgan fingerprint density at radius 1 is 0.895 bits per heavy atom. The number of hydrazone groups is 1. The number of hydrogen-bond acceptors (Lipinski definition) is 6. The first-order chi connectivity index (χ1) is 18.3. The second-order valence-electron chi connectivity index (χ2n) is 8.26.